The SMILES string of the molecule is CC(C)N(C)CCCNc1ccc(C(=O)O)c(Br)c1F. The molecular weight excluding hydrogens is 327 g/mol. The van der Waals surface area contributed by atoms with Gasteiger partial charge in [0.1, 0.15) is 0 Å². The Morgan fingerprint density at radius 2 is 2.15 bits per heavy atom. The highest BCUT2D eigenvalue weighted by molar-refractivity contribution is 9.10. The van der Waals surface area contributed by atoms with E-state index < -0.39 is 11.8 Å². The lowest BCUT2D eigenvalue weighted by Crippen LogP contribution is -2.28. The molecule has 0 fully saturated rings. The van der Waals surface area contributed by atoms with Gasteiger partial charge in [0, 0.05) is 12.6 Å². The van der Waals surface area contributed by atoms with E-state index in [1.807, 2.05) is 7.05 Å². The molecule has 0 unspecified atom stereocenters. The highest BCUT2D eigenvalue weighted by Gasteiger charge is 2.15. The second-order valence-corrected chi connectivity index (χ2v) is 5.74. The van der Waals surface area contributed by atoms with Gasteiger partial charge in [-0.05, 0) is 61.9 Å². The highest BCUT2D eigenvalue weighted by atomic mass is 79.9. The summed E-state index contributed by atoms with van der Waals surface area (Å²) in [5, 5.41) is 11.9. The van der Waals surface area contributed by atoms with E-state index in [2.05, 4.69) is 40.0 Å². The van der Waals surface area contributed by atoms with Crippen molar-refractivity contribution in [2.75, 3.05) is 25.5 Å². The van der Waals surface area contributed by atoms with Gasteiger partial charge in [-0.15, -0.1) is 0 Å². The lowest BCUT2D eigenvalue weighted by molar-refractivity contribution is 0.0695. The van der Waals surface area contributed by atoms with Crippen LogP contribution in [0.4, 0.5) is 10.1 Å². The van der Waals surface area contributed by atoms with Crippen molar-refractivity contribution >= 4 is 27.6 Å². The van der Waals surface area contributed by atoms with Gasteiger partial charge in [0.2, 0.25) is 0 Å². The van der Waals surface area contributed by atoms with Crippen LogP contribution in [0.5, 0.6) is 0 Å². The molecule has 6 heteroatoms. The van der Waals surface area contributed by atoms with Gasteiger partial charge >= 0.3 is 5.97 Å². The van der Waals surface area contributed by atoms with Crippen molar-refractivity contribution in [2.45, 2.75) is 26.3 Å². The van der Waals surface area contributed by atoms with E-state index in [1.54, 1.807) is 0 Å². The maximum Gasteiger partial charge on any atom is 0.336 e. The molecule has 0 atom stereocenters. The highest BCUT2D eigenvalue weighted by Crippen LogP contribution is 2.27. The Balaban J connectivity index is 2.57. The minimum Gasteiger partial charge on any atom is -0.478 e. The van der Waals surface area contributed by atoms with Gasteiger partial charge in [-0.25, -0.2) is 9.18 Å². The molecule has 0 saturated carbocycles. The third-order valence-electron chi connectivity index (χ3n) is 3.20. The second-order valence-electron chi connectivity index (χ2n) is 4.95. The second kappa shape index (κ2) is 7.59. The van der Waals surface area contributed by atoms with Crippen LogP contribution in [0.15, 0.2) is 16.6 Å². The molecule has 112 valence electrons. The van der Waals surface area contributed by atoms with Crippen molar-refractivity contribution in [3.63, 3.8) is 0 Å². The number of carboxylic acids is 1. The summed E-state index contributed by atoms with van der Waals surface area (Å²) in [6.07, 6.45) is 0.881. The number of nitrogens with zero attached hydrogens (tertiary/aromatic N) is 1. The number of anilines is 1. The van der Waals surface area contributed by atoms with Crippen LogP contribution >= 0.6 is 15.9 Å². The van der Waals surface area contributed by atoms with Crippen LogP contribution in [-0.4, -0.2) is 42.2 Å². The first-order chi connectivity index (χ1) is 9.34. The van der Waals surface area contributed by atoms with Crippen molar-refractivity contribution in [2.24, 2.45) is 0 Å². The number of hydrogen-bond donors (Lipinski definition) is 2. The van der Waals surface area contributed by atoms with Gasteiger partial charge in [0.05, 0.1) is 15.7 Å². The summed E-state index contributed by atoms with van der Waals surface area (Å²) in [5.74, 6) is -1.72. The number of nitrogens with one attached hydrogen (secondary N) is 1. The zero-order valence-corrected chi connectivity index (χ0v) is 13.5. The molecular formula is C14H20BrFN2O2. The first-order valence-corrected chi connectivity index (χ1v) is 7.29. The Bertz CT molecular complexity index is 480. The van der Waals surface area contributed by atoms with Crippen LogP contribution in [0, 0.1) is 5.82 Å². The van der Waals surface area contributed by atoms with E-state index in [4.69, 9.17) is 5.11 Å². The predicted octanol–water partition coefficient (Wildman–Crippen LogP) is 3.43. The quantitative estimate of drug-likeness (QED) is 0.742. The van der Waals surface area contributed by atoms with Gasteiger partial charge in [-0.2, -0.15) is 0 Å². The van der Waals surface area contributed by atoms with E-state index in [0.29, 0.717) is 18.3 Å². The lowest BCUT2D eigenvalue weighted by Gasteiger charge is -2.21. The van der Waals surface area contributed by atoms with E-state index in [9.17, 15) is 9.18 Å². The maximum atomic E-state index is 14.0. The molecule has 20 heavy (non-hydrogen) atoms. The number of hydrogen-bond acceptors (Lipinski definition) is 3. The molecule has 4 nitrogen and oxygen atoms in total. The Morgan fingerprint density at radius 3 is 2.70 bits per heavy atom. The number of halogens is 2. The van der Waals surface area contributed by atoms with Gasteiger partial charge in [-0.1, -0.05) is 0 Å². The predicted molar refractivity (Wildman–Crippen MR) is 81.9 cm³/mol. The van der Waals surface area contributed by atoms with E-state index in [-0.39, 0.29) is 10.0 Å². The fourth-order valence-electron chi connectivity index (χ4n) is 1.66. The van der Waals surface area contributed by atoms with Crippen LogP contribution in [-0.2, 0) is 0 Å². The normalized spacial score (nSPS) is 11.2. The minimum atomic E-state index is -1.15. The largest absolute Gasteiger partial charge is 0.478 e. The Labute approximate surface area is 127 Å². The molecule has 0 aromatic heterocycles. The van der Waals surface area contributed by atoms with Crippen molar-refractivity contribution in [1.82, 2.24) is 4.90 Å². The number of rotatable bonds is 7. The molecule has 0 aliphatic rings. The van der Waals surface area contributed by atoms with Crippen LogP contribution in [0.25, 0.3) is 0 Å². The average Bonchev–Trinajstić information content (AvgIpc) is 2.38. The number of carboxylic acid groups (broad SMARTS) is 1. The molecule has 0 bridgehead atoms. The summed E-state index contributed by atoms with van der Waals surface area (Å²) in [5.41, 5.74) is 0.238. The van der Waals surface area contributed by atoms with E-state index >= 15 is 0 Å². The molecule has 0 heterocycles. The fraction of sp³-hybridized carbons (Fsp3) is 0.500. The monoisotopic (exact) mass is 346 g/mol. The minimum absolute atomic E-state index is 0.0192. The molecule has 2 N–H and O–H groups in total. The zero-order chi connectivity index (χ0) is 15.3. The average molecular weight is 347 g/mol. The lowest BCUT2D eigenvalue weighted by atomic mass is 10.2. The maximum absolute atomic E-state index is 14.0. The molecule has 1 rings (SSSR count). The van der Waals surface area contributed by atoms with Crippen molar-refractivity contribution < 1.29 is 14.3 Å². The molecule has 0 spiro atoms. The molecule has 0 aliphatic carbocycles. The third kappa shape index (κ3) is 4.45. The van der Waals surface area contributed by atoms with Crippen LogP contribution in [0.3, 0.4) is 0 Å². The summed E-state index contributed by atoms with van der Waals surface area (Å²) >= 11 is 2.98. The van der Waals surface area contributed by atoms with E-state index in [0.717, 1.165) is 13.0 Å². The molecule has 1 aromatic carbocycles. The third-order valence-corrected chi connectivity index (χ3v) is 3.97. The van der Waals surface area contributed by atoms with Crippen molar-refractivity contribution in [1.29, 1.82) is 0 Å². The van der Waals surface area contributed by atoms with E-state index in [1.165, 1.54) is 12.1 Å². The molecule has 0 amide bonds. The Morgan fingerprint density at radius 1 is 1.50 bits per heavy atom. The van der Waals surface area contributed by atoms with Crippen LogP contribution in [0.2, 0.25) is 0 Å². The molecule has 0 saturated heterocycles. The first-order valence-electron chi connectivity index (χ1n) is 6.50. The van der Waals surface area contributed by atoms with Gasteiger partial charge in [-0.3, -0.25) is 0 Å². The van der Waals surface area contributed by atoms with Gasteiger partial charge < -0.3 is 15.3 Å². The Kier molecular flexibility index (Phi) is 6.42. The number of carbonyl (C=O) groups is 1. The fourth-order valence-corrected chi connectivity index (χ4v) is 2.18. The van der Waals surface area contributed by atoms with Gasteiger partial charge in [0.15, 0.2) is 5.82 Å². The standard InChI is InChI=1S/C14H20BrFN2O2/c1-9(2)18(3)8-4-7-17-11-6-5-10(14(19)20)12(15)13(11)16/h5-6,9,17H,4,7-8H2,1-3H3,(H,19,20). The van der Waals surface area contributed by atoms with Crippen LogP contribution in [0.1, 0.15) is 30.6 Å². The van der Waals surface area contributed by atoms with Crippen molar-refractivity contribution in [3.05, 3.63) is 28.0 Å². The molecule has 0 aliphatic heterocycles. The summed E-state index contributed by atoms with van der Waals surface area (Å²) in [4.78, 5) is 13.1. The Hall–Kier alpha value is -1.14. The summed E-state index contributed by atoms with van der Waals surface area (Å²) in [6, 6.07) is 3.32. The van der Waals surface area contributed by atoms with Crippen LogP contribution < -0.4 is 5.32 Å². The number of benzene rings is 1. The summed E-state index contributed by atoms with van der Waals surface area (Å²) in [6.45, 7) is 5.79. The summed E-state index contributed by atoms with van der Waals surface area (Å²) < 4.78 is 13.9. The molecule has 1 aromatic rings. The number of aromatic carboxylic acids is 1. The molecule has 0 radical (unpaired) electrons. The topological polar surface area (TPSA) is 52.6 Å². The van der Waals surface area contributed by atoms with Gasteiger partial charge in [0.25, 0.3) is 0 Å². The zero-order valence-electron chi connectivity index (χ0n) is 11.9. The smallest absolute Gasteiger partial charge is 0.336 e. The van der Waals surface area contributed by atoms with Crippen molar-refractivity contribution in [3.8, 4) is 0 Å². The summed E-state index contributed by atoms with van der Waals surface area (Å²) in [7, 11) is 2.05. The first kappa shape index (κ1) is 16.9.